The molecule has 0 aliphatic rings. The van der Waals surface area contributed by atoms with E-state index in [1.807, 2.05) is 0 Å². The third-order valence-corrected chi connectivity index (χ3v) is 1.48. The molecular weight excluding hydrogens is 185 g/mol. The standard InChI is InChI=1S/C7H5F3N2O/c8-6(9)5-3(2-13)7(10)12-1-4(5)11/h1-2,6H,11H2. The average Bonchev–Trinajstić information content (AvgIpc) is 2.07. The molecule has 0 saturated carbocycles. The van der Waals surface area contributed by atoms with Gasteiger partial charge in [-0.25, -0.2) is 13.8 Å². The fourth-order valence-electron chi connectivity index (χ4n) is 0.888. The Morgan fingerprint density at radius 3 is 2.54 bits per heavy atom. The number of aldehydes is 1. The summed E-state index contributed by atoms with van der Waals surface area (Å²) in [7, 11) is 0. The lowest BCUT2D eigenvalue weighted by molar-refractivity contribution is 0.110. The summed E-state index contributed by atoms with van der Waals surface area (Å²) < 4.78 is 37.1. The van der Waals surface area contributed by atoms with Crippen LogP contribution in [0.4, 0.5) is 18.9 Å². The molecule has 0 aliphatic heterocycles. The van der Waals surface area contributed by atoms with E-state index in [4.69, 9.17) is 5.73 Å². The van der Waals surface area contributed by atoms with E-state index in [-0.39, 0.29) is 6.29 Å². The lowest BCUT2D eigenvalue weighted by atomic mass is 10.1. The van der Waals surface area contributed by atoms with Crippen molar-refractivity contribution in [3.63, 3.8) is 0 Å². The van der Waals surface area contributed by atoms with Crippen LogP contribution in [0.5, 0.6) is 0 Å². The van der Waals surface area contributed by atoms with Crippen LogP contribution in [0.25, 0.3) is 0 Å². The maximum atomic E-state index is 12.7. The quantitative estimate of drug-likeness (QED) is 0.568. The molecule has 1 rings (SSSR count). The summed E-state index contributed by atoms with van der Waals surface area (Å²) in [5.74, 6) is -1.24. The Morgan fingerprint density at radius 2 is 2.15 bits per heavy atom. The molecule has 70 valence electrons. The smallest absolute Gasteiger partial charge is 0.266 e. The lowest BCUT2D eigenvalue weighted by Gasteiger charge is -2.06. The first-order valence-electron chi connectivity index (χ1n) is 3.25. The second-order valence-electron chi connectivity index (χ2n) is 2.25. The highest BCUT2D eigenvalue weighted by Gasteiger charge is 2.20. The van der Waals surface area contributed by atoms with E-state index < -0.39 is 29.2 Å². The number of nitrogens with two attached hydrogens (primary N) is 1. The molecule has 0 amide bonds. The lowest BCUT2D eigenvalue weighted by Crippen LogP contribution is -2.05. The highest BCUT2D eigenvalue weighted by Crippen LogP contribution is 2.27. The van der Waals surface area contributed by atoms with Gasteiger partial charge < -0.3 is 5.73 Å². The molecule has 0 saturated heterocycles. The van der Waals surface area contributed by atoms with Gasteiger partial charge in [0.25, 0.3) is 6.43 Å². The van der Waals surface area contributed by atoms with Crippen LogP contribution in [0.1, 0.15) is 22.3 Å². The van der Waals surface area contributed by atoms with Crippen molar-refractivity contribution in [1.82, 2.24) is 4.98 Å². The minimum Gasteiger partial charge on any atom is -0.397 e. The summed E-state index contributed by atoms with van der Waals surface area (Å²) in [5, 5.41) is 0. The van der Waals surface area contributed by atoms with E-state index in [1.165, 1.54) is 0 Å². The van der Waals surface area contributed by atoms with E-state index in [0.29, 0.717) is 0 Å². The van der Waals surface area contributed by atoms with E-state index in [1.54, 1.807) is 0 Å². The van der Waals surface area contributed by atoms with E-state index in [2.05, 4.69) is 4.98 Å². The summed E-state index contributed by atoms with van der Waals surface area (Å²) in [6.07, 6.45) is -2.26. The van der Waals surface area contributed by atoms with Crippen molar-refractivity contribution in [3.05, 3.63) is 23.3 Å². The predicted molar refractivity (Wildman–Crippen MR) is 39.0 cm³/mol. The minimum absolute atomic E-state index is 0.0276. The van der Waals surface area contributed by atoms with Gasteiger partial charge in [-0.3, -0.25) is 4.79 Å². The third kappa shape index (κ3) is 1.61. The number of alkyl halides is 2. The second-order valence-corrected chi connectivity index (χ2v) is 2.25. The zero-order valence-corrected chi connectivity index (χ0v) is 6.30. The van der Waals surface area contributed by atoms with Gasteiger partial charge in [-0.05, 0) is 0 Å². The molecule has 1 aromatic heterocycles. The van der Waals surface area contributed by atoms with Gasteiger partial charge in [0.15, 0.2) is 6.29 Å². The van der Waals surface area contributed by atoms with Gasteiger partial charge in [0, 0.05) is 0 Å². The van der Waals surface area contributed by atoms with Crippen molar-refractivity contribution in [3.8, 4) is 0 Å². The van der Waals surface area contributed by atoms with Crippen LogP contribution >= 0.6 is 0 Å². The number of halogens is 3. The van der Waals surface area contributed by atoms with Crippen LogP contribution in [0.3, 0.4) is 0 Å². The van der Waals surface area contributed by atoms with Gasteiger partial charge in [-0.15, -0.1) is 0 Å². The van der Waals surface area contributed by atoms with Crippen molar-refractivity contribution in [2.75, 3.05) is 5.73 Å². The molecule has 0 bridgehead atoms. The fraction of sp³-hybridized carbons (Fsp3) is 0.143. The first kappa shape index (κ1) is 9.50. The predicted octanol–water partition coefficient (Wildman–Crippen LogP) is 1.55. The van der Waals surface area contributed by atoms with Gasteiger partial charge in [0.05, 0.1) is 23.0 Å². The molecule has 6 heteroatoms. The number of hydrogen-bond donors (Lipinski definition) is 1. The molecule has 0 aliphatic carbocycles. The molecule has 0 aromatic carbocycles. The SMILES string of the molecule is Nc1cnc(F)c(C=O)c1C(F)F. The number of aromatic nitrogens is 1. The fourth-order valence-corrected chi connectivity index (χ4v) is 0.888. The van der Waals surface area contributed by atoms with Gasteiger partial charge in [-0.2, -0.15) is 4.39 Å². The number of rotatable bonds is 2. The number of anilines is 1. The largest absolute Gasteiger partial charge is 0.397 e. The van der Waals surface area contributed by atoms with Gasteiger partial charge in [0.2, 0.25) is 5.95 Å². The number of nitrogen functional groups attached to an aromatic ring is 1. The van der Waals surface area contributed by atoms with Gasteiger partial charge in [-0.1, -0.05) is 0 Å². The Kier molecular flexibility index (Phi) is 2.50. The first-order chi connectivity index (χ1) is 6.07. The van der Waals surface area contributed by atoms with E-state index in [9.17, 15) is 18.0 Å². The zero-order chi connectivity index (χ0) is 10.0. The molecule has 0 fully saturated rings. The molecule has 1 heterocycles. The first-order valence-corrected chi connectivity index (χ1v) is 3.25. The highest BCUT2D eigenvalue weighted by molar-refractivity contribution is 5.80. The van der Waals surface area contributed by atoms with Crippen LogP contribution in [0.2, 0.25) is 0 Å². The molecule has 0 spiro atoms. The Balaban J connectivity index is 3.43. The van der Waals surface area contributed by atoms with Crippen LogP contribution in [-0.4, -0.2) is 11.3 Å². The van der Waals surface area contributed by atoms with Gasteiger partial charge in [0.1, 0.15) is 0 Å². The maximum Gasteiger partial charge on any atom is 0.266 e. The normalized spacial score (nSPS) is 10.5. The van der Waals surface area contributed by atoms with Crippen LogP contribution in [0.15, 0.2) is 6.20 Å². The number of carbonyl (C=O) groups excluding carboxylic acids is 1. The number of hydrogen-bond acceptors (Lipinski definition) is 3. The Bertz CT molecular complexity index is 341. The molecule has 2 N–H and O–H groups in total. The Labute approximate surface area is 71.4 Å². The minimum atomic E-state index is -2.99. The third-order valence-electron chi connectivity index (χ3n) is 1.48. The molecule has 13 heavy (non-hydrogen) atoms. The van der Waals surface area contributed by atoms with Crippen molar-refractivity contribution < 1.29 is 18.0 Å². The summed E-state index contributed by atoms with van der Waals surface area (Å²) >= 11 is 0. The number of carbonyl (C=O) groups is 1. The topological polar surface area (TPSA) is 56.0 Å². The average molecular weight is 190 g/mol. The van der Waals surface area contributed by atoms with E-state index in [0.717, 1.165) is 6.20 Å². The summed E-state index contributed by atoms with van der Waals surface area (Å²) in [6, 6.07) is 0. The van der Waals surface area contributed by atoms with Crippen molar-refractivity contribution in [1.29, 1.82) is 0 Å². The molecule has 0 unspecified atom stereocenters. The monoisotopic (exact) mass is 190 g/mol. The van der Waals surface area contributed by atoms with E-state index >= 15 is 0 Å². The molecule has 3 nitrogen and oxygen atoms in total. The highest BCUT2D eigenvalue weighted by atomic mass is 19.3. The Morgan fingerprint density at radius 1 is 1.54 bits per heavy atom. The van der Waals surface area contributed by atoms with Crippen molar-refractivity contribution >= 4 is 12.0 Å². The number of nitrogens with zero attached hydrogens (tertiary/aromatic N) is 1. The summed E-state index contributed by atoms with van der Waals surface area (Å²) in [4.78, 5) is 13.3. The van der Waals surface area contributed by atoms with Crippen LogP contribution in [0, 0.1) is 5.95 Å². The number of pyridine rings is 1. The van der Waals surface area contributed by atoms with Crippen molar-refractivity contribution in [2.45, 2.75) is 6.43 Å². The summed E-state index contributed by atoms with van der Waals surface area (Å²) in [5.41, 5.74) is 3.12. The zero-order valence-electron chi connectivity index (χ0n) is 6.30. The van der Waals surface area contributed by atoms with Crippen LogP contribution < -0.4 is 5.73 Å². The molecule has 0 radical (unpaired) electrons. The Hall–Kier alpha value is -1.59. The second kappa shape index (κ2) is 3.42. The maximum absolute atomic E-state index is 12.7. The molecule has 0 atom stereocenters. The van der Waals surface area contributed by atoms with Crippen LogP contribution in [-0.2, 0) is 0 Å². The molecular formula is C7H5F3N2O. The van der Waals surface area contributed by atoms with Crippen molar-refractivity contribution in [2.24, 2.45) is 0 Å². The molecule has 1 aromatic rings. The summed E-state index contributed by atoms with van der Waals surface area (Å²) in [6.45, 7) is 0. The van der Waals surface area contributed by atoms with Gasteiger partial charge >= 0.3 is 0 Å².